The minimum absolute atomic E-state index is 0.0462. The van der Waals surface area contributed by atoms with Gasteiger partial charge in [-0.05, 0) is 26.2 Å². The van der Waals surface area contributed by atoms with Gasteiger partial charge >= 0.3 is 5.97 Å². The van der Waals surface area contributed by atoms with Crippen molar-refractivity contribution < 1.29 is 14.3 Å². The van der Waals surface area contributed by atoms with E-state index >= 15 is 0 Å². The number of nitrogens with zero attached hydrogens (tertiary/aromatic N) is 3. The number of carbonyl (C=O) groups is 2. The number of aromatic nitrogens is 2. The molecular formula is C17H25N3O4S. The van der Waals surface area contributed by atoms with Crippen LogP contribution in [0.1, 0.15) is 32.4 Å². The summed E-state index contributed by atoms with van der Waals surface area (Å²) in [5, 5.41) is 0.539. The largest absolute Gasteiger partial charge is 0.466 e. The van der Waals surface area contributed by atoms with E-state index < -0.39 is 0 Å². The van der Waals surface area contributed by atoms with E-state index in [4.69, 9.17) is 4.74 Å². The summed E-state index contributed by atoms with van der Waals surface area (Å²) in [5.41, 5.74) is 0.598. The van der Waals surface area contributed by atoms with Crippen LogP contribution in [0.25, 0.3) is 0 Å². The van der Waals surface area contributed by atoms with E-state index in [1.807, 2.05) is 6.92 Å². The first-order chi connectivity index (χ1) is 12.0. The van der Waals surface area contributed by atoms with Gasteiger partial charge in [-0.1, -0.05) is 18.7 Å². The third kappa shape index (κ3) is 5.07. The maximum absolute atomic E-state index is 12.5. The Balaban J connectivity index is 1.97. The summed E-state index contributed by atoms with van der Waals surface area (Å²) in [6, 6.07) is 1.51. The van der Waals surface area contributed by atoms with E-state index in [9.17, 15) is 14.4 Å². The number of esters is 1. The summed E-state index contributed by atoms with van der Waals surface area (Å²) in [4.78, 5) is 42.4. The second-order valence-electron chi connectivity index (χ2n) is 6.00. The fourth-order valence-electron chi connectivity index (χ4n) is 2.75. The van der Waals surface area contributed by atoms with Crippen LogP contribution in [0.4, 0.5) is 0 Å². The third-order valence-corrected chi connectivity index (χ3v) is 5.24. The lowest BCUT2D eigenvalue weighted by atomic mass is 9.98. The maximum atomic E-state index is 12.5. The fraction of sp³-hybridized carbons (Fsp3) is 0.647. The molecule has 0 radical (unpaired) electrons. The van der Waals surface area contributed by atoms with Crippen LogP contribution in [0.2, 0.25) is 0 Å². The van der Waals surface area contributed by atoms with Crippen LogP contribution < -0.4 is 5.56 Å². The molecule has 0 N–H and O–H groups in total. The van der Waals surface area contributed by atoms with Crippen LogP contribution in [0, 0.1) is 5.92 Å². The van der Waals surface area contributed by atoms with Crippen molar-refractivity contribution in [2.75, 3.05) is 25.4 Å². The highest BCUT2D eigenvalue weighted by Crippen LogP contribution is 2.20. The highest BCUT2D eigenvalue weighted by atomic mass is 32.2. The van der Waals surface area contributed by atoms with Crippen molar-refractivity contribution in [1.29, 1.82) is 0 Å². The van der Waals surface area contributed by atoms with Crippen molar-refractivity contribution in [3.8, 4) is 0 Å². The predicted molar refractivity (Wildman–Crippen MR) is 95.5 cm³/mol. The molecule has 2 heterocycles. The number of aryl methyl sites for hydroxylation is 1. The average molecular weight is 367 g/mol. The molecule has 7 nitrogen and oxygen atoms in total. The minimum Gasteiger partial charge on any atom is -0.466 e. The molecule has 1 atom stereocenters. The van der Waals surface area contributed by atoms with E-state index in [2.05, 4.69) is 4.98 Å². The second-order valence-corrected chi connectivity index (χ2v) is 6.94. The van der Waals surface area contributed by atoms with E-state index in [0.717, 1.165) is 18.5 Å². The Morgan fingerprint density at radius 2 is 2.16 bits per heavy atom. The number of thioether (sulfide) groups is 1. The topological polar surface area (TPSA) is 81.5 Å². The molecule has 1 aliphatic heterocycles. The first kappa shape index (κ1) is 19.5. The Morgan fingerprint density at radius 1 is 1.40 bits per heavy atom. The Morgan fingerprint density at radius 3 is 2.84 bits per heavy atom. The molecule has 0 bridgehead atoms. The van der Waals surface area contributed by atoms with E-state index in [-0.39, 0.29) is 29.1 Å². The Bertz CT molecular complexity index is 689. The molecule has 1 amide bonds. The zero-order valence-corrected chi connectivity index (χ0v) is 15.8. The summed E-state index contributed by atoms with van der Waals surface area (Å²) in [7, 11) is 1.65. The molecule has 1 aliphatic rings. The molecule has 2 rings (SSSR count). The lowest BCUT2D eigenvalue weighted by Crippen LogP contribution is -2.43. The molecule has 8 heteroatoms. The molecule has 0 spiro atoms. The Hall–Kier alpha value is -1.83. The zero-order chi connectivity index (χ0) is 18.4. The number of rotatable bonds is 6. The number of ether oxygens (including phenoxy) is 1. The molecule has 1 fully saturated rings. The molecule has 0 aromatic carbocycles. The van der Waals surface area contributed by atoms with E-state index in [0.29, 0.717) is 31.3 Å². The summed E-state index contributed by atoms with van der Waals surface area (Å²) >= 11 is 1.26. The Kier molecular flexibility index (Phi) is 7.04. The van der Waals surface area contributed by atoms with Crippen molar-refractivity contribution in [2.24, 2.45) is 13.0 Å². The summed E-state index contributed by atoms with van der Waals surface area (Å²) in [6.07, 6.45) is 2.22. The highest BCUT2D eigenvalue weighted by Gasteiger charge is 2.29. The molecule has 25 heavy (non-hydrogen) atoms. The third-order valence-electron chi connectivity index (χ3n) is 4.23. The van der Waals surface area contributed by atoms with Gasteiger partial charge in [0.15, 0.2) is 5.16 Å². The normalized spacial score (nSPS) is 17.4. The molecule has 0 saturated carbocycles. The van der Waals surface area contributed by atoms with Crippen molar-refractivity contribution in [3.63, 3.8) is 0 Å². The number of carbonyl (C=O) groups excluding carboxylic acids is 2. The summed E-state index contributed by atoms with van der Waals surface area (Å²) in [5.74, 6) is -0.320. The summed E-state index contributed by atoms with van der Waals surface area (Å²) in [6.45, 7) is 5.12. The van der Waals surface area contributed by atoms with Crippen molar-refractivity contribution >= 4 is 23.6 Å². The van der Waals surface area contributed by atoms with Crippen molar-refractivity contribution in [2.45, 2.75) is 38.3 Å². The first-order valence-corrected chi connectivity index (χ1v) is 9.59. The molecular weight excluding hydrogens is 342 g/mol. The molecule has 138 valence electrons. The number of hydrogen-bond donors (Lipinski definition) is 0. The molecule has 1 unspecified atom stereocenters. The van der Waals surface area contributed by atoms with Gasteiger partial charge in [0.05, 0.1) is 18.3 Å². The molecule has 1 aromatic rings. The highest BCUT2D eigenvalue weighted by molar-refractivity contribution is 7.99. The Labute approximate surface area is 151 Å². The van der Waals surface area contributed by atoms with Crippen molar-refractivity contribution in [3.05, 3.63) is 22.1 Å². The van der Waals surface area contributed by atoms with Crippen LogP contribution >= 0.6 is 11.8 Å². The maximum Gasteiger partial charge on any atom is 0.310 e. The molecule has 1 saturated heterocycles. The van der Waals surface area contributed by atoms with Gasteiger partial charge in [0, 0.05) is 31.9 Å². The van der Waals surface area contributed by atoms with Crippen LogP contribution in [0.5, 0.6) is 0 Å². The van der Waals surface area contributed by atoms with Crippen LogP contribution in [-0.4, -0.2) is 51.8 Å². The lowest BCUT2D eigenvalue weighted by molar-refractivity contribution is -0.151. The monoisotopic (exact) mass is 367 g/mol. The number of hydrogen-bond acceptors (Lipinski definition) is 6. The molecule has 1 aromatic heterocycles. The fourth-order valence-corrected chi connectivity index (χ4v) is 3.65. The average Bonchev–Trinajstić information content (AvgIpc) is 2.62. The predicted octanol–water partition coefficient (Wildman–Crippen LogP) is 1.24. The van der Waals surface area contributed by atoms with Crippen LogP contribution in [0.3, 0.4) is 0 Å². The number of likely N-dealkylation sites (tertiary alicyclic amines) is 1. The van der Waals surface area contributed by atoms with Gasteiger partial charge in [0.25, 0.3) is 5.56 Å². The van der Waals surface area contributed by atoms with Crippen LogP contribution in [0.15, 0.2) is 16.0 Å². The zero-order valence-electron chi connectivity index (χ0n) is 15.0. The van der Waals surface area contributed by atoms with Gasteiger partial charge in [0.1, 0.15) is 0 Å². The minimum atomic E-state index is -0.242. The quantitative estimate of drug-likeness (QED) is 0.427. The standard InChI is InChI=1S/C17H25N3O4S/c1-4-13-9-14(21)19(3)17(18-13)25-11-15(22)20-8-6-7-12(10-20)16(23)24-5-2/h9,12H,4-8,10-11H2,1-3H3. The lowest BCUT2D eigenvalue weighted by Gasteiger charge is -2.31. The van der Waals surface area contributed by atoms with Gasteiger partial charge in [-0.15, -0.1) is 0 Å². The van der Waals surface area contributed by atoms with Gasteiger partial charge < -0.3 is 9.64 Å². The van der Waals surface area contributed by atoms with E-state index in [1.54, 1.807) is 18.9 Å². The second kappa shape index (κ2) is 9.03. The first-order valence-electron chi connectivity index (χ1n) is 8.60. The van der Waals surface area contributed by atoms with Gasteiger partial charge in [-0.25, -0.2) is 4.98 Å². The number of amides is 1. The number of piperidine rings is 1. The van der Waals surface area contributed by atoms with Crippen LogP contribution in [-0.2, 0) is 27.8 Å². The van der Waals surface area contributed by atoms with Gasteiger partial charge in [0.2, 0.25) is 5.91 Å². The molecule has 0 aliphatic carbocycles. The SMILES string of the molecule is CCOC(=O)C1CCCN(C(=O)CSc2nc(CC)cc(=O)n2C)C1. The van der Waals surface area contributed by atoms with Gasteiger partial charge in [-0.3, -0.25) is 19.0 Å². The van der Waals surface area contributed by atoms with Crippen molar-refractivity contribution in [1.82, 2.24) is 14.5 Å². The smallest absolute Gasteiger partial charge is 0.310 e. The van der Waals surface area contributed by atoms with Gasteiger partial charge in [-0.2, -0.15) is 0 Å². The van der Waals surface area contributed by atoms with E-state index in [1.165, 1.54) is 22.4 Å². The summed E-state index contributed by atoms with van der Waals surface area (Å²) < 4.78 is 6.52.